The molecule has 112 valence electrons. The lowest BCUT2D eigenvalue weighted by Gasteiger charge is -2.01. The minimum Gasteiger partial charge on any atom is -0.381 e. The van der Waals surface area contributed by atoms with Crippen LogP contribution in [0.25, 0.3) is 0 Å². The molecule has 0 aliphatic carbocycles. The summed E-state index contributed by atoms with van der Waals surface area (Å²) in [4.78, 5) is 0. The van der Waals surface area contributed by atoms with E-state index in [1.165, 1.54) is 38.5 Å². The van der Waals surface area contributed by atoms with Gasteiger partial charge in [-0.3, -0.25) is 9.11 Å². The third-order valence-electron chi connectivity index (χ3n) is 1.96. The number of rotatable bonds is 9. The molecule has 0 fully saturated rings. The molecule has 2 N–H and O–H groups in total. The predicted octanol–water partition coefficient (Wildman–Crippen LogP) is 2.39. The fourth-order valence-electron chi connectivity index (χ4n) is 1.01. The first-order valence-corrected chi connectivity index (χ1v) is 9.09. The van der Waals surface area contributed by atoms with Crippen molar-refractivity contribution in [2.24, 2.45) is 0 Å². The van der Waals surface area contributed by atoms with E-state index in [0.717, 1.165) is 13.2 Å². The highest BCUT2D eigenvalue weighted by molar-refractivity contribution is 8.59. The predicted molar refractivity (Wildman–Crippen MR) is 72.2 cm³/mol. The first-order valence-electron chi connectivity index (χ1n) is 6.02. The van der Waals surface area contributed by atoms with E-state index in [4.69, 9.17) is 13.8 Å². The monoisotopic (exact) mass is 304 g/mol. The van der Waals surface area contributed by atoms with Crippen molar-refractivity contribution in [3.8, 4) is 0 Å². The van der Waals surface area contributed by atoms with Gasteiger partial charge in [0.2, 0.25) is 0 Å². The molecule has 8 heteroatoms. The standard InChI is InChI=1S/C10H22O.H2O5S2/c1-3-5-7-9-11-10-8-6-4-2;1-6(2)7(3,4)5/h3-10H2,1-2H3;(H,1,2)(H,3,4,5). The maximum atomic E-state index is 9.34. The van der Waals surface area contributed by atoms with Crippen LogP contribution in [-0.2, 0) is 24.0 Å². The molecule has 1 atom stereocenters. The molecule has 0 saturated carbocycles. The van der Waals surface area contributed by atoms with Crippen LogP contribution in [0.4, 0.5) is 0 Å². The van der Waals surface area contributed by atoms with Crippen molar-refractivity contribution in [2.45, 2.75) is 52.4 Å². The molecule has 0 saturated heterocycles. The van der Waals surface area contributed by atoms with Crippen molar-refractivity contribution in [1.29, 1.82) is 0 Å². The van der Waals surface area contributed by atoms with Crippen LogP contribution in [0.5, 0.6) is 0 Å². The van der Waals surface area contributed by atoms with E-state index >= 15 is 0 Å². The Hall–Kier alpha value is -0.0200. The van der Waals surface area contributed by atoms with Crippen molar-refractivity contribution < 1.29 is 26.5 Å². The SMILES string of the molecule is CCCCCOCCCCC.O=S(O)S(=O)(=O)O. The lowest BCUT2D eigenvalue weighted by molar-refractivity contribution is 0.126. The molecule has 0 bridgehead atoms. The lowest BCUT2D eigenvalue weighted by Crippen LogP contribution is -2.03. The molecular formula is C10H24O6S2. The highest BCUT2D eigenvalue weighted by Crippen LogP contribution is 1.97. The Morgan fingerprint density at radius 3 is 1.56 bits per heavy atom. The maximum absolute atomic E-state index is 9.34. The third-order valence-corrected chi connectivity index (χ3v) is 3.41. The minimum atomic E-state index is -4.71. The molecule has 0 rings (SSSR count). The fourth-order valence-corrected chi connectivity index (χ4v) is 1.01. The van der Waals surface area contributed by atoms with Crippen LogP contribution in [0.15, 0.2) is 0 Å². The molecule has 0 aromatic rings. The van der Waals surface area contributed by atoms with Crippen LogP contribution in [0, 0.1) is 0 Å². The zero-order valence-corrected chi connectivity index (χ0v) is 12.6. The van der Waals surface area contributed by atoms with Gasteiger partial charge >= 0.3 is 19.3 Å². The normalized spacial score (nSPS) is 12.7. The van der Waals surface area contributed by atoms with Gasteiger partial charge in [-0.05, 0) is 12.8 Å². The van der Waals surface area contributed by atoms with Gasteiger partial charge in [0.05, 0.1) is 0 Å². The van der Waals surface area contributed by atoms with Crippen LogP contribution in [0.3, 0.4) is 0 Å². The summed E-state index contributed by atoms with van der Waals surface area (Å²) in [6, 6.07) is 0. The van der Waals surface area contributed by atoms with Crippen LogP contribution in [-0.4, -0.2) is 34.9 Å². The van der Waals surface area contributed by atoms with Gasteiger partial charge in [0, 0.05) is 13.2 Å². The Labute approximate surface area is 112 Å². The molecule has 0 radical (unpaired) electrons. The van der Waals surface area contributed by atoms with Gasteiger partial charge < -0.3 is 4.74 Å². The van der Waals surface area contributed by atoms with E-state index in [1.54, 1.807) is 0 Å². The van der Waals surface area contributed by atoms with Crippen LogP contribution < -0.4 is 0 Å². The Bertz CT molecular complexity index is 281. The van der Waals surface area contributed by atoms with E-state index in [2.05, 4.69) is 13.8 Å². The third kappa shape index (κ3) is 18.3. The Balaban J connectivity index is 0. The summed E-state index contributed by atoms with van der Waals surface area (Å²) in [7, 11) is -7.87. The van der Waals surface area contributed by atoms with Gasteiger partial charge in [-0.2, -0.15) is 8.42 Å². The smallest absolute Gasteiger partial charge is 0.373 e. The second-order valence-corrected chi connectivity index (χ2v) is 7.08. The largest absolute Gasteiger partial charge is 0.381 e. The first kappa shape index (κ1) is 20.3. The highest BCUT2D eigenvalue weighted by Gasteiger charge is 2.10. The summed E-state index contributed by atoms with van der Waals surface area (Å²) < 4.78 is 48.4. The van der Waals surface area contributed by atoms with Crippen molar-refractivity contribution >= 4 is 19.3 Å². The van der Waals surface area contributed by atoms with E-state index in [1.807, 2.05) is 0 Å². The molecule has 6 nitrogen and oxygen atoms in total. The van der Waals surface area contributed by atoms with Crippen molar-refractivity contribution in [3.05, 3.63) is 0 Å². The molecular weight excluding hydrogens is 280 g/mol. The lowest BCUT2D eigenvalue weighted by atomic mass is 10.2. The molecule has 0 aliphatic heterocycles. The molecule has 0 aliphatic rings. The minimum absolute atomic E-state index is 0.970. The average Bonchev–Trinajstić information content (AvgIpc) is 2.27. The highest BCUT2D eigenvalue weighted by atomic mass is 33.2. The van der Waals surface area contributed by atoms with Crippen LogP contribution >= 0.6 is 0 Å². The zero-order chi connectivity index (χ0) is 14.4. The summed E-state index contributed by atoms with van der Waals surface area (Å²) in [5, 5.41) is 0. The molecule has 18 heavy (non-hydrogen) atoms. The molecule has 0 aromatic heterocycles. The number of unbranched alkanes of at least 4 members (excludes halogenated alkanes) is 4. The summed E-state index contributed by atoms with van der Waals surface area (Å²) >= 11 is 0. The van der Waals surface area contributed by atoms with Crippen molar-refractivity contribution in [3.63, 3.8) is 0 Å². The quantitative estimate of drug-likeness (QED) is 0.293. The van der Waals surface area contributed by atoms with E-state index in [9.17, 15) is 12.6 Å². The second kappa shape index (κ2) is 13.4. The summed E-state index contributed by atoms with van der Waals surface area (Å²) in [5.74, 6) is 0. The number of hydrogen-bond acceptors (Lipinski definition) is 4. The van der Waals surface area contributed by atoms with Crippen LogP contribution in [0.2, 0.25) is 0 Å². The maximum Gasteiger partial charge on any atom is 0.373 e. The summed E-state index contributed by atoms with van der Waals surface area (Å²) in [6.07, 6.45) is 7.68. The Kier molecular flexibility index (Phi) is 15.1. The summed E-state index contributed by atoms with van der Waals surface area (Å²) in [6.45, 7) is 6.38. The van der Waals surface area contributed by atoms with Gasteiger partial charge in [-0.15, -0.1) is 0 Å². The van der Waals surface area contributed by atoms with Gasteiger partial charge in [-0.25, -0.2) is 4.21 Å². The van der Waals surface area contributed by atoms with E-state index in [-0.39, 0.29) is 0 Å². The second-order valence-electron chi connectivity index (χ2n) is 3.67. The van der Waals surface area contributed by atoms with Gasteiger partial charge in [0.25, 0.3) is 0 Å². The molecule has 0 heterocycles. The first-order chi connectivity index (χ1) is 8.36. The fraction of sp³-hybridized carbons (Fsp3) is 1.00. The molecule has 0 spiro atoms. The number of hydrogen-bond donors (Lipinski definition) is 2. The Morgan fingerprint density at radius 2 is 1.33 bits per heavy atom. The van der Waals surface area contributed by atoms with E-state index < -0.39 is 19.3 Å². The van der Waals surface area contributed by atoms with Gasteiger partial charge in [0.1, 0.15) is 0 Å². The van der Waals surface area contributed by atoms with Gasteiger partial charge in [-0.1, -0.05) is 39.5 Å². The Morgan fingerprint density at radius 1 is 1.00 bits per heavy atom. The van der Waals surface area contributed by atoms with E-state index in [0.29, 0.717) is 0 Å². The summed E-state index contributed by atoms with van der Waals surface area (Å²) in [5.41, 5.74) is 0. The molecule has 1 unspecified atom stereocenters. The van der Waals surface area contributed by atoms with Crippen molar-refractivity contribution in [2.75, 3.05) is 13.2 Å². The topological polar surface area (TPSA) is 101 Å². The average molecular weight is 304 g/mol. The molecule has 0 aromatic carbocycles. The zero-order valence-electron chi connectivity index (χ0n) is 11.0. The number of ether oxygens (including phenoxy) is 1. The van der Waals surface area contributed by atoms with Crippen LogP contribution in [0.1, 0.15) is 52.4 Å². The molecule has 0 amide bonds. The van der Waals surface area contributed by atoms with Gasteiger partial charge in [0.15, 0.2) is 0 Å². The van der Waals surface area contributed by atoms with Crippen molar-refractivity contribution in [1.82, 2.24) is 0 Å².